The second-order valence-electron chi connectivity index (χ2n) is 6.89. The molecular weight excluding hydrogens is 311 g/mol. The molecule has 132 valence electrons. The summed E-state index contributed by atoms with van der Waals surface area (Å²) in [4.78, 5) is 16.0. The Bertz CT molecular complexity index is 442. The highest BCUT2D eigenvalue weighted by atomic mass is 19.4. The zero-order valence-corrected chi connectivity index (χ0v) is 13.3. The number of nitrogens with one attached hydrogen (secondary N) is 1. The van der Waals surface area contributed by atoms with Gasteiger partial charge in [-0.1, -0.05) is 0 Å². The van der Waals surface area contributed by atoms with Crippen molar-refractivity contribution in [1.29, 1.82) is 0 Å². The molecule has 2 aliphatic heterocycles. The number of carbonyl (C=O) groups excluding carboxylic acids is 1. The second-order valence-corrected chi connectivity index (χ2v) is 6.89. The Morgan fingerprint density at radius 2 is 2.09 bits per heavy atom. The fraction of sp³-hybridized carbons (Fsp3) is 0.933. The van der Waals surface area contributed by atoms with Gasteiger partial charge in [0.2, 0.25) is 5.91 Å². The standard InChI is InChI=1S/C15H24F3N3O2/c1-10-6-11(7-21(10)12-2-3-12)19-14(22)13-8-23-5-4-20(13)9-15(16,17)18/h10-13H,2-9H2,1H3,(H,19,22)/t10-,11-,13-/m1/s1. The van der Waals surface area contributed by atoms with Crippen molar-refractivity contribution >= 4 is 5.91 Å². The molecule has 0 unspecified atom stereocenters. The monoisotopic (exact) mass is 335 g/mol. The molecule has 8 heteroatoms. The number of likely N-dealkylation sites (tertiary alicyclic amines) is 1. The summed E-state index contributed by atoms with van der Waals surface area (Å²) in [5.41, 5.74) is 0. The maximum atomic E-state index is 12.7. The summed E-state index contributed by atoms with van der Waals surface area (Å²) < 4.78 is 43.2. The van der Waals surface area contributed by atoms with Crippen molar-refractivity contribution in [1.82, 2.24) is 15.1 Å². The number of nitrogens with zero attached hydrogens (tertiary/aromatic N) is 2. The number of hydrogen-bond acceptors (Lipinski definition) is 4. The quantitative estimate of drug-likeness (QED) is 0.832. The van der Waals surface area contributed by atoms with E-state index in [-0.39, 0.29) is 31.7 Å². The summed E-state index contributed by atoms with van der Waals surface area (Å²) in [6.45, 7) is 2.26. The van der Waals surface area contributed by atoms with Crippen LogP contribution in [0.3, 0.4) is 0 Å². The van der Waals surface area contributed by atoms with Crippen molar-refractivity contribution in [2.24, 2.45) is 0 Å². The van der Waals surface area contributed by atoms with Gasteiger partial charge in [-0.15, -0.1) is 0 Å². The highest BCUT2D eigenvalue weighted by molar-refractivity contribution is 5.82. The molecule has 0 radical (unpaired) electrons. The number of rotatable bonds is 4. The Balaban J connectivity index is 1.55. The smallest absolute Gasteiger partial charge is 0.378 e. The summed E-state index contributed by atoms with van der Waals surface area (Å²) in [5.74, 6) is -0.344. The van der Waals surface area contributed by atoms with Crippen LogP contribution in [0.1, 0.15) is 26.2 Å². The Kier molecular flexibility index (Phi) is 4.85. The number of alkyl halides is 3. The lowest BCUT2D eigenvalue weighted by Crippen LogP contribution is -2.57. The molecule has 0 spiro atoms. The van der Waals surface area contributed by atoms with Gasteiger partial charge in [0.1, 0.15) is 6.04 Å². The Morgan fingerprint density at radius 3 is 2.74 bits per heavy atom. The maximum Gasteiger partial charge on any atom is 0.401 e. The van der Waals surface area contributed by atoms with Crippen molar-refractivity contribution in [3.63, 3.8) is 0 Å². The van der Waals surface area contributed by atoms with Crippen LogP contribution in [0.2, 0.25) is 0 Å². The number of morpholine rings is 1. The molecule has 0 bridgehead atoms. The predicted octanol–water partition coefficient (Wildman–Crippen LogP) is 0.991. The molecule has 23 heavy (non-hydrogen) atoms. The lowest BCUT2D eigenvalue weighted by atomic mass is 10.1. The summed E-state index contributed by atoms with van der Waals surface area (Å²) >= 11 is 0. The van der Waals surface area contributed by atoms with Crippen molar-refractivity contribution < 1.29 is 22.7 Å². The average molecular weight is 335 g/mol. The first-order chi connectivity index (χ1) is 10.8. The van der Waals surface area contributed by atoms with E-state index in [4.69, 9.17) is 4.74 Å². The van der Waals surface area contributed by atoms with E-state index in [1.807, 2.05) is 0 Å². The van der Waals surface area contributed by atoms with Crippen LogP contribution in [0.4, 0.5) is 13.2 Å². The normalized spacial score (nSPS) is 33.8. The van der Waals surface area contributed by atoms with E-state index >= 15 is 0 Å². The average Bonchev–Trinajstić information content (AvgIpc) is 3.22. The number of carbonyl (C=O) groups is 1. The first kappa shape index (κ1) is 17.0. The van der Waals surface area contributed by atoms with Crippen molar-refractivity contribution in [3.05, 3.63) is 0 Å². The van der Waals surface area contributed by atoms with Gasteiger partial charge in [-0.25, -0.2) is 0 Å². The molecule has 0 aromatic carbocycles. The molecule has 1 N–H and O–H groups in total. The van der Waals surface area contributed by atoms with E-state index in [0.29, 0.717) is 12.1 Å². The van der Waals surface area contributed by atoms with Gasteiger partial charge < -0.3 is 10.1 Å². The van der Waals surface area contributed by atoms with E-state index < -0.39 is 18.8 Å². The number of hydrogen-bond donors (Lipinski definition) is 1. The van der Waals surface area contributed by atoms with Crippen molar-refractivity contribution in [3.8, 4) is 0 Å². The zero-order chi connectivity index (χ0) is 16.6. The molecule has 3 aliphatic rings. The lowest BCUT2D eigenvalue weighted by Gasteiger charge is -2.35. The third-order valence-electron chi connectivity index (χ3n) is 4.91. The SMILES string of the molecule is C[C@@H]1C[C@@H](NC(=O)[C@H]2COCCN2CC(F)(F)F)CN1C1CC1. The van der Waals surface area contributed by atoms with Crippen molar-refractivity contribution in [2.45, 2.75) is 56.5 Å². The fourth-order valence-corrected chi connectivity index (χ4v) is 3.67. The van der Waals surface area contributed by atoms with Crippen LogP contribution in [0.25, 0.3) is 0 Å². The van der Waals surface area contributed by atoms with Crippen LogP contribution >= 0.6 is 0 Å². The van der Waals surface area contributed by atoms with E-state index in [9.17, 15) is 18.0 Å². The van der Waals surface area contributed by atoms with Crippen LogP contribution in [0, 0.1) is 0 Å². The van der Waals surface area contributed by atoms with E-state index in [1.165, 1.54) is 17.7 Å². The Morgan fingerprint density at radius 1 is 1.35 bits per heavy atom. The Labute approximate surface area is 134 Å². The topological polar surface area (TPSA) is 44.8 Å². The lowest BCUT2D eigenvalue weighted by molar-refractivity contribution is -0.167. The molecule has 1 aliphatic carbocycles. The zero-order valence-electron chi connectivity index (χ0n) is 13.3. The first-order valence-corrected chi connectivity index (χ1v) is 8.28. The van der Waals surface area contributed by atoms with E-state index in [1.54, 1.807) is 0 Å². The summed E-state index contributed by atoms with van der Waals surface area (Å²) in [6, 6.07) is 0.219. The summed E-state index contributed by atoms with van der Waals surface area (Å²) in [5, 5.41) is 2.94. The highest BCUT2D eigenvalue weighted by Crippen LogP contribution is 2.33. The molecule has 1 saturated carbocycles. The number of ether oxygens (including phenoxy) is 1. The highest BCUT2D eigenvalue weighted by Gasteiger charge is 2.42. The van der Waals surface area contributed by atoms with Gasteiger partial charge in [-0.05, 0) is 26.2 Å². The van der Waals surface area contributed by atoms with Crippen LogP contribution in [0.5, 0.6) is 0 Å². The molecule has 0 aromatic heterocycles. The molecule has 3 fully saturated rings. The predicted molar refractivity (Wildman–Crippen MR) is 78.0 cm³/mol. The molecule has 5 nitrogen and oxygen atoms in total. The second kappa shape index (κ2) is 6.57. The van der Waals surface area contributed by atoms with Gasteiger partial charge >= 0.3 is 6.18 Å². The minimum absolute atomic E-state index is 0.0211. The van der Waals surface area contributed by atoms with Gasteiger partial charge in [0.25, 0.3) is 0 Å². The maximum absolute atomic E-state index is 12.7. The third-order valence-corrected chi connectivity index (χ3v) is 4.91. The Hall–Kier alpha value is -0.860. The summed E-state index contributed by atoms with van der Waals surface area (Å²) in [7, 11) is 0. The molecule has 3 atom stereocenters. The van der Waals surface area contributed by atoms with Gasteiger partial charge in [0.05, 0.1) is 19.8 Å². The van der Waals surface area contributed by atoms with E-state index in [0.717, 1.165) is 13.0 Å². The number of amides is 1. The van der Waals surface area contributed by atoms with Crippen LogP contribution in [-0.4, -0.2) is 78.9 Å². The van der Waals surface area contributed by atoms with Crippen LogP contribution in [-0.2, 0) is 9.53 Å². The van der Waals surface area contributed by atoms with Gasteiger partial charge in [-0.3, -0.25) is 14.6 Å². The third kappa shape index (κ3) is 4.36. The number of halogens is 3. The fourth-order valence-electron chi connectivity index (χ4n) is 3.67. The molecule has 0 aromatic rings. The molecule has 1 amide bonds. The minimum Gasteiger partial charge on any atom is -0.378 e. The summed E-state index contributed by atoms with van der Waals surface area (Å²) in [6.07, 6.45) is -1.03. The largest absolute Gasteiger partial charge is 0.401 e. The molecule has 3 rings (SSSR count). The first-order valence-electron chi connectivity index (χ1n) is 8.28. The van der Waals surface area contributed by atoms with Crippen molar-refractivity contribution in [2.75, 3.05) is 32.8 Å². The van der Waals surface area contributed by atoms with Crippen LogP contribution < -0.4 is 5.32 Å². The minimum atomic E-state index is -4.31. The van der Waals surface area contributed by atoms with Crippen LogP contribution in [0.15, 0.2) is 0 Å². The van der Waals surface area contributed by atoms with Gasteiger partial charge in [0, 0.05) is 31.2 Å². The van der Waals surface area contributed by atoms with Gasteiger partial charge in [-0.2, -0.15) is 13.2 Å². The molecular formula is C15H24F3N3O2. The van der Waals surface area contributed by atoms with E-state index in [2.05, 4.69) is 17.1 Å². The van der Waals surface area contributed by atoms with Gasteiger partial charge in [0.15, 0.2) is 0 Å². The molecule has 2 heterocycles. The molecule has 2 saturated heterocycles.